The third-order valence-corrected chi connectivity index (χ3v) is 2.38. The lowest BCUT2D eigenvalue weighted by atomic mass is 10.5. The van der Waals surface area contributed by atoms with Crippen molar-refractivity contribution in [3.63, 3.8) is 0 Å². The molecule has 0 bridgehead atoms. The number of rotatable bonds is 8. The standard InChI is InChI=1S/C8H19NO3S/c1-3-11-8(10,12-4-2)13-7-5-6-9/h10H,3-7,9H2,1-2H3. The Bertz CT molecular complexity index is 118. The molecule has 0 fully saturated rings. The van der Waals surface area contributed by atoms with Crippen LogP contribution in [-0.2, 0) is 9.47 Å². The molecular formula is C8H19NO3S. The van der Waals surface area contributed by atoms with Gasteiger partial charge in [-0.3, -0.25) is 0 Å². The van der Waals surface area contributed by atoms with Crippen LogP contribution in [0, 0.1) is 0 Å². The summed E-state index contributed by atoms with van der Waals surface area (Å²) in [5.41, 5.74) is 5.33. The summed E-state index contributed by atoms with van der Waals surface area (Å²) >= 11 is 1.23. The van der Waals surface area contributed by atoms with Crippen LogP contribution in [0.1, 0.15) is 20.3 Å². The summed E-state index contributed by atoms with van der Waals surface area (Å²) in [7, 11) is 0. The average Bonchev–Trinajstić information content (AvgIpc) is 2.05. The van der Waals surface area contributed by atoms with Crippen LogP contribution >= 0.6 is 11.8 Å². The van der Waals surface area contributed by atoms with Crippen molar-refractivity contribution in [2.75, 3.05) is 25.5 Å². The largest absolute Gasteiger partial charge is 0.334 e. The molecule has 0 rings (SSSR count). The lowest BCUT2D eigenvalue weighted by Crippen LogP contribution is -2.32. The molecule has 0 radical (unpaired) electrons. The highest BCUT2D eigenvalue weighted by atomic mass is 32.2. The smallest absolute Gasteiger partial charge is 0.334 e. The predicted molar refractivity (Wildman–Crippen MR) is 54.3 cm³/mol. The Balaban J connectivity index is 3.76. The Morgan fingerprint density at radius 2 is 1.85 bits per heavy atom. The maximum absolute atomic E-state index is 9.72. The van der Waals surface area contributed by atoms with Crippen LogP contribution in [0.5, 0.6) is 0 Å². The van der Waals surface area contributed by atoms with Crippen LogP contribution in [0.3, 0.4) is 0 Å². The monoisotopic (exact) mass is 209 g/mol. The fourth-order valence-electron chi connectivity index (χ4n) is 0.774. The zero-order chi connectivity index (χ0) is 10.2. The third kappa shape index (κ3) is 6.29. The van der Waals surface area contributed by atoms with Gasteiger partial charge in [-0.2, -0.15) is 0 Å². The Morgan fingerprint density at radius 3 is 2.23 bits per heavy atom. The molecule has 0 aliphatic heterocycles. The number of nitrogens with two attached hydrogens (primary N) is 1. The van der Waals surface area contributed by atoms with Gasteiger partial charge in [0.25, 0.3) is 0 Å². The second kappa shape index (κ2) is 7.58. The van der Waals surface area contributed by atoms with E-state index in [1.165, 1.54) is 11.8 Å². The molecule has 0 heterocycles. The summed E-state index contributed by atoms with van der Waals surface area (Å²) in [6.07, 6.45) is 0.840. The lowest BCUT2D eigenvalue weighted by Gasteiger charge is -2.25. The maximum Gasteiger partial charge on any atom is 0.334 e. The number of hydrogen-bond acceptors (Lipinski definition) is 5. The van der Waals surface area contributed by atoms with Gasteiger partial charge in [0.1, 0.15) is 0 Å². The van der Waals surface area contributed by atoms with Gasteiger partial charge >= 0.3 is 5.31 Å². The molecule has 5 heteroatoms. The van der Waals surface area contributed by atoms with Crippen molar-refractivity contribution in [2.24, 2.45) is 5.73 Å². The summed E-state index contributed by atoms with van der Waals surface area (Å²) in [5.74, 6) is 0.729. The molecule has 0 aromatic carbocycles. The minimum Gasteiger partial charge on any atom is -0.334 e. The predicted octanol–water partition coefficient (Wildman–Crippen LogP) is 0.745. The zero-order valence-electron chi connectivity index (χ0n) is 8.28. The molecule has 0 unspecified atom stereocenters. The van der Waals surface area contributed by atoms with E-state index in [1.54, 1.807) is 0 Å². The molecule has 0 spiro atoms. The molecule has 13 heavy (non-hydrogen) atoms. The van der Waals surface area contributed by atoms with Crippen LogP contribution in [0.15, 0.2) is 0 Å². The minimum absolute atomic E-state index is 0.423. The first-order chi connectivity index (χ1) is 6.18. The second-order valence-electron chi connectivity index (χ2n) is 2.38. The molecule has 0 aromatic heterocycles. The van der Waals surface area contributed by atoms with Gasteiger partial charge in [-0.05, 0) is 26.8 Å². The normalized spacial score (nSPS) is 12.0. The number of hydrogen-bond donors (Lipinski definition) is 2. The molecule has 0 saturated carbocycles. The summed E-state index contributed by atoms with van der Waals surface area (Å²) in [6, 6.07) is 0. The van der Waals surface area contributed by atoms with E-state index in [0.29, 0.717) is 19.8 Å². The van der Waals surface area contributed by atoms with E-state index in [-0.39, 0.29) is 0 Å². The van der Waals surface area contributed by atoms with E-state index in [9.17, 15) is 5.11 Å². The topological polar surface area (TPSA) is 64.7 Å². The van der Waals surface area contributed by atoms with E-state index >= 15 is 0 Å². The van der Waals surface area contributed by atoms with Crippen molar-refractivity contribution in [3.8, 4) is 0 Å². The molecule has 3 N–H and O–H groups in total. The summed E-state index contributed by atoms with van der Waals surface area (Å²) in [5, 5.41) is 8.23. The van der Waals surface area contributed by atoms with E-state index in [4.69, 9.17) is 15.2 Å². The molecule has 0 aromatic rings. The molecule has 0 aliphatic carbocycles. The van der Waals surface area contributed by atoms with Crippen molar-refractivity contribution >= 4 is 11.8 Å². The summed E-state index contributed by atoms with van der Waals surface area (Å²) in [4.78, 5) is 0. The quantitative estimate of drug-likeness (QED) is 0.456. The number of aliphatic hydroxyl groups is 1. The van der Waals surface area contributed by atoms with Crippen LogP contribution in [-0.4, -0.2) is 35.9 Å². The summed E-state index contributed by atoms with van der Waals surface area (Å²) < 4.78 is 10.1. The van der Waals surface area contributed by atoms with Crippen molar-refractivity contribution in [2.45, 2.75) is 25.6 Å². The first-order valence-electron chi connectivity index (χ1n) is 4.52. The SMILES string of the molecule is CCOC(O)(OCC)SCCCN. The number of ether oxygens (including phenoxy) is 2. The Hall–Kier alpha value is 0.190. The van der Waals surface area contributed by atoms with Gasteiger partial charge in [-0.15, -0.1) is 0 Å². The summed E-state index contributed by atoms with van der Waals surface area (Å²) in [6.45, 7) is 5.08. The highest BCUT2D eigenvalue weighted by molar-refractivity contribution is 8.00. The van der Waals surface area contributed by atoms with Gasteiger partial charge in [0.2, 0.25) is 0 Å². The first-order valence-corrected chi connectivity index (χ1v) is 5.51. The highest BCUT2D eigenvalue weighted by Gasteiger charge is 2.28. The molecule has 80 valence electrons. The number of thioether (sulfide) groups is 1. The van der Waals surface area contributed by atoms with E-state index < -0.39 is 5.31 Å². The minimum atomic E-state index is -1.49. The zero-order valence-corrected chi connectivity index (χ0v) is 9.10. The molecule has 0 saturated heterocycles. The average molecular weight is 209 g/mol. The van der Waals surface area contributed by atoms with Gasteiger partial charge in [-0.1, -0.05) is 11.8 Å². The van der Waals surface area contributed by atoms with Gasteiger partial charge in [-0.25, -0.2) is 0 Å². The highest BCUT2D eigenvalue weighted by Crippen LogP contribution is 2.25. The van der Waals surface area contributed by atoms with E-state index in [0.717, 1.165) is 12.2 Å². The molecular weight excluding hydrogens is 190 g/mol. The second-order valence-corrected chi connectivity index (χ2v) is 3.59. The van der Waals surface area contributed by atoms with Crippen LogP contribution in [0.25, 0.3) is 0 Å². The Kier molecular flexibility index (Phi) is 7.69. The molecule has 0 atom stereocenters. The Labute approximate surface area is 83.8 Å². The van der Waals surface area contributed by atoms with Crippen molar-refractivity contribution in [1.82, 2.24) is 0 Å². The van der Waals surface area contributed by atoms with Gasteiger partial charge in [0.05, 0.1) is 13.2 Å². The van der Waals surface area contributed by atoms with Gasteiger partial charge in [0.15, 0.2) is 0 Å². The van der Waals surface area contributed by atoms with E-state index in [2.05, 4.69) is 0 Å². The third-order valence-electron chi connectivity index (χ3n) is 1.29. The fraction of sp³-hybridized carbons (Fsp3) is 1.00. The van der Waals surface area contributed by atoms with Crippen molar-refractivity contribution < 1.29 is 14.6 Å². The first kappa shape index (κ1) is 13.2. The van der Waals surface area contributed by atoms with Crippen LogP contribution in [0.2, 0.25) is 0 Å². The van der Waals surface area contributed by atoms with Crippen molar-refractivity contribution in [1.29, 1.82) is 0 Å². The van der Waals surface area contributed by atoms with Crippen LogP contribution in [0.4, 0.5) is 0 Å². The molecule has 0 amide bonds. The van der Waals surface area contributed by atoms with Crippen molar-refractivity contribution in [3.05, 3.63) is 0 Å². The molecule has 4 nitrogen and oxygen atoms in total. The molecule has 0 aliphatic rings. The Morgan fingerprint density at radius 1 is 1.31 bits per heavy atom. The maximum atomic E-state index is 9.72. The lowest BCUT2D eigenvalue weighted by molar-refractivity contribution is -0.290. The van der Waals surface area contributed by atoms with Gasteiger partial charge in [0, 0.05) is 5.75 Å². The van der Waals surface area contributed by atoms with Gasteiger partial charge < -0.3 is 20.3 Å². The van der Waals surface area contributed by atoms with E-state index in [1.807, 2.05) is 13.8 Å². The van der Waals surface area contributed by atoms with Crippen LogP contribution < -0.4 is 5.73 Å². The fourth-order valence-corrected chi connectivity index (χ4v) is 1.75.